The molecule has 0 saturated carbocycles. The predicted molar refractivity (Wildman–Crippen MR) is 47.3 cm³/mol. The zero-order valence-corrected chi connectivity index (χ0v) is 7.43. The van der Waals surface area contributed by atoms with Crippen molar-refractivity contribution < 1.29 is 13.9 Å². The van der Waals surface area contributed by atoms with Crippen molar-refractivity contribution in [1.82, 2.24) is 0 Å². The van der Waals surface area contributed by atoms with E-state index in [1.54, 1.807) is 7.05 Å². The van der Waals surface area contributed by atoms with Crippen molar-refractivity contribution in [3.05, 3.63) is 29.6 Å². The van der Waals surface area contributed by atoms with Crippen LogP contribution in [0.25, 0.3) is 0 Å². The maximum Gasteiger partial charge on any atom is 0.340 e. The molecule has 0 atom stereocenters. The van der Waals surface area contributed by atoms with E-state index in [2.05, 4.69) is 10.1 Å². The zero-order valence-electron chi connectivity index (χ0n) is 7.43. The molecule has 0 spiro atoms. The minimum atomic E-state index is -0.552. The minimum Gasteiger partial charge on any atom is -0.465 e. The molecule has 0 bridgehead atoms. The molecule has 1 N–H and O–H groups in total. The smallest absolute Gasteiger partial charge is 0.340 e. The molecule has 13 heavy (non-hydrogen) atoms. The van der Waals surface area contributed by atoms with Gasteiger partial charge < -0.3 is 10.1 Å². The fraction of sp³-hybridized carbons (Fsp3) is 0.222. The lowest BCUT2D eigenvalue weighted by Crippen LogP contribution is -2.07. The van der Waals surface area contributed by atoms with Crippen molar-refractivity contribution in [2.24, 2.45) is 0 Å². The Morgan fingerprint density at radius 2 is 2.23 bits per heavy atom. The maximum atomic E-state index is 13.1. The van der Waals surface area contributed by atoms with Gasteiger partial charge in [-0.3, -0.25) is 0 Å². The molecule has 0 fully saturated rings. The van der Waals surface area contributed by atoms with Crippen molar-refractivity contribution in [3.8, 4) is 0 Å². The highest BCUT2D eigenvalue weighted by atomic mass is 19.1. The second kappa shape index (κ2) is 3.89. The summed E-state index contributed by atoms with van der Waals surface area (Å²) >= 11 is 0. The first-order valence-corrected chi connectivity index (χ1v) is 3.75. The Balaban J connectivity index is 3.20. The van der Waals surface area contributed by atoms with Crippen molar-refractivity contribution >= 4 is 11.7 Å². The molecular formula is C9H10FNO2. The van der Waals surface area contributed by atoms with Gasteiger partial charge in [-0.25, -0.2) is 9.18 Å². The minimum absolute atomic E-state index is 0.161. The highest BCUT2D eigenvalue weighted by molar-refractivity contribution is 5.95. The number of carbonyl (C=O) groups excluding carboxylic acids is 1. The summed E-state index contributed by atoms with van der Waals surface area (Å²) < 4.78 is 17.6. The lowest BCUT2D eigenvalue weighted by atomic mass is 10.1. The maximum absolute atomic E-state index is 13.1. The van der Waals surface area contributed by atoms with Crippen LogP contribution in [-0.4, -0.2) is 20.1 Å². The lowest BCUT2D eigenvalue weighted by Gasteiger charge is -2.07. The summed E-state index contributed by atoms with van der Waals surface area (Å²) in [5, 5.41) is 2.60. The molecule has 4 heteroatoms. The van der Waals surface area contributed by atoms with Crippen LogP contribution in [0.5, 0.6) is 0 Å². The summed E-state index contributed by atoms with van der Waals surface area (Å²) in [7, 11) is 2.80. The van der Waals surface area contributed by atoms with Crippen LogP contribution in [0.3, 0.4) is 0 Å². The molecule has 0 radical (unpaired) electrons. The van der Waals surface area contributed by atoms with E-state index < -0.39 is 11.8 Å². The Morgan fingerprint density at radius 3 is 2.77 bits per heavy atom. The number of esters is 1. The van der Waals surface area contributed by atoms with Gasteiger partial charge in [0.25, 0.3) is 0 Å². The molecule has 1 rings (SSSR count). The van der Waals surface area contributed by atoms with E-state index in [4.69, 9.17) is 0 Å². The molecule has 0 saturated heterocycles. The van der Waals surface area contributed by atoms with Gasteiger partial charge in [-0.2, -0.15) is 0 Å². The number of ether oxygens (including phenoxy) is 1. The van der Waals surface area contributed by atoms with Crippen molar-refractivity contribution in [1.29, 1.82) is 0 Å². The lowest BCUT2D eigenvalue weighted by molar-refractivity contribution is 0.0601. The van der Waals surface area contributed by atoms with Crippen LogP contribution in [0.4, 0.5) is 10.1 Å². The number of methoxy groups -OCH3 is 1. The van der Waals surface area contributed by atoms with E-state index in [-0.39, 0.29) is 11.3 Å². The van der Waals surface area contributed by atoms with E-state index in [0.717, 1.165) is 0 Å². The van der Waals surface area contributed by atoms with Crippen LogP contribution in [0, 0.1) is 5.82 Å². The molecule has 0 unspecified atom stereocenters. The van der Waals surface area contributed by atoms with Crippen LogP contribution in [-0.2, 0) is 4.74 Å². The van der Waals surface area contributed by atoms with Gasteiger partial charge in [0.15, 0.2) is 0 Å². The number of rotatable bonds is 2. The molecular weight excluding hydrogens is 173 g/mol. The van der Waals surface area contributed by atoms with Crippen LogP contribution >= 0.6 is 0 Å². The van der Waals surface area contributed by atoms with E-state index >= 15 is 0 Å². The predicted octanol–water partition coefficient (Wildman–Crippen LogP) is 1.65. The SMILES string of the molecule is CNc1c(F)cccc1C(=O)OC. The second-order valence-corrected chi connectivity index (χ2v) is 2.40. The molecule has 0 heterocycles. The Kier molecular flexibility index (Phi) is 2.84. The highest BCUT2D eigenvalue weighted by Gasteiger charge is 2.13. The van der Waals surface area contributed by atoms with Crippen LogP contribution in [0.15, 0.2) is 18.2 Å². The quantitative estimate of drug-likeness (QED) is 0.708. The van der Waals surface area contributed by atoms with Gasteiger partial charge in [-0.1, -0.05) is 6.07 Å². The normalized spacial score (nSPS) is 9.46. The van der Waals surface area contributed by atoms with Crippen LogP contribution < -0.4 is 5.32 Å². The third kappa shape index (κ3) is 1.77. The number of hydrogen-bond acceptors (Lipinski definition) is 3. The van der Waals surface area contributed by atoms with E-state index in [1.807, 2.05) is 0 Å². The number of anilines is 1. The molecule has 1 aromatic rings. The third-order valence-electron chi connectivity index (χ3n) is 1.67. The van der Waals surface area contributed by atoms with Gasteiger partial charge in [0.2, 0.25) is 0 Å². The molecule has 0 aliphatic heterocycles. The first-order valence-electron chi connectivity index (χ1n) is 3.75. The number of hydrogen-bond donors (Lipinski definition) is 1. The van der Waals surface area contributed by atoms with E-state index in [1.165, 1.54) is 25.3 Å². The van der Waals surface area contributed by atoms with Gasteiger partial charge in [-0.15, -0.1) is 0 Å². The number of benzene rings is 1. The second-order valence-electron chi connectivity index (χ2n) is 2.40. The largest absolute Gasteiger partial charge is 0.465 e. The standard InChI is InChI=1S/C9H10FNO2/c1-11-8-6(9(12)13-2)4-3-5-7(8)10/h3-5,11H,1-2H3. The summed E-state index contributed by atoms with van der Waals surface area (Å²) in [6, 6.07) is 4.24. The average molecular weight is 183 g/mol. The summed E-state index contributed by atoms with van der Waals surface area (Å²) in [5.41, 5.74) is 0.361. The van der Waals surface area contributed by atoms with Crippen molar-refractivity contribution in [2.45, 2.75) is 0 Å². The first kappa shape index (κ1) is 9.51. The topological polar surface area (TPSA) is 38.3 Å². The van der Waals surface area contributed by atoms with Gasteiger partial charge in [-0.05, 0) is 12.1 Å². The average Bonchev–Trinajstić information content (AvgIpc) is 2.16. The van der Waals surface area contributed by atoms with E-state index in [0.29, 0.717) is 0 Å². The van der Waals surface area contributed by atoms with E-state index in [9.17, 15) is 9.18 Å². The number of nitrogens with one attached hydrogen (secondary N) is 1. The van der Waals surface area contributed by atoms with Gasteiger partial charge in [0, 0.05) is 7.05 Å². The zero-order chi connectivity index (χ0) is 9.84. The monoisotopic (exact) mass is 183 g/mol. The molecule has 0 aliphatic carbocycles. The first-order chi connectivity index (χ1) is 6.20. The van der Waals surface area contributed by atoms with Gasteiger partial charge in [0.05, 0.1) is 18.4 Å². The molecule has 70 valence electrons. The molecule has 0 aliphatic rings. The van der Waals surface area contributed by atoms with Crippen molar-refractivity contribution in [2.75, 3.05) is 19.5 Å². The summed E-state index contributed by atoms with van der Waals surface area (Å²) in [4.78, 5) is 11.1. The van der Waals surface area contributed by atoms with Gasteiger partial charge in [0.1, 0.15) is 5.82 Å². The van der Waals surface area contributed by atoms with Crippen molar-refractivity contribution in [3.63, 3.8) is 0 Å². The summed E-state index contributed by atoms with van der Waals surface area (Å²) in [5.74, 6) is -1.02. The number of carbonyl (C=O) groups is 1. The molecule has 3 nitrogen and oxygen atoms in total. The Morgan fingerprint density at radius 1 is 1.54 bits per heavy atom. The van der Waals surface area contributed by atoms with Crippen LogP contribution in [0.1, 0.15) is 10.4 Å². The highest BCUT2D eigenvalue weighted by Crippen LogP contribution is 2.19. The van der Waals surface area contributed by atoms with Crippen LogP contribution in [0.2, 0.25) is 0 Å². The molecule has 0 aromatic heterocycles. The fourth-order valence-electron chi connectivity index (χ4n) is 1.06. The third-order valence-corrected chi connectivity index (χ3v) is 1.67. The Labute approximate surface area is 75.5 Å². The Hall–Kier alpha value is -1.58. The summed E-state index contributed by atoms with van der Waals surface area (Å²) in [6.07, 6.45) is 0. The number of para-hydroxylation sites is 1. The summed E-state index contributed by atoms with van der Waals surface area (Å²) in [6.45, 7) is 0. The number of halogens is 1. The molecule has 0 amide bonds. The molecule has 1 aromatic carbocycles. The fourth-order valence-corrected chi connectivity index (χ4v) is 1.06. The van der Waals surface area contributed by atoms with Gasteiger partial charge >= 0.3 is 5.97 Å². The Bertz CT molecular complexity index is 325.